The molecule has 0 aromatic heterocycles. The number of ether oxygens (including phenoxy) is 3. The van der Waals surface area contributed by atoms with E-state index in [0.29, 0.717) is 39.3 Å². The Morgan fingerprint density at radius 1 is 1.14 bits per heavy atom. The molecule has 0 aliphatic rings. The molecule has 2 atom stereocenters. The third kappa shape index (κ3) is 14.5. The van der Waals surface area contributed by atoms with Crippen LogP contribution < -0.4 is 5.32 Å². The highest BCUT2D eigenvalue weighted by Gasteiger charge is 2.19. The van der Waals surface area contributed by atoms with Crippen LogP contribution in [0.5, 0.6) is 0 Å². The zero-order valence-electron chi connectivity index (χ0n) is 13.8. The molecule has 0 aliphatic carbocycles. The summed E-state index contributed by atoms with van der Waals surface area (Å²) in [6.45, 7) is 7.26. The standard InChI is InChI=1S/C15H33NO5/c1-4-5-7-20-9-10-21-12-14(17)11-16-13-15(2,18)6-8-19-3/h14,16-18H,4-13H2,1-3H3. The minimum absolute atomic E-state index is 0.268. The van der Waals surface area contributed by atoms with Crippen LogP contribution in [0.3, 0.4) is 0 Å². The molecule has 2 unspecified atom stereocenters. The molecular formula is C15H33NO5. The van der Waals surface area contributed by atoms with Gasteiger partial charge in [0.15, 0.2) is 0 Å². The number of hydrogen-bond acceptors (Lipinski definition) is 6. The minimum atomic E-state index is -0.830. The Hall–Kier alpha value is -0.240. The van der Waals surface area contributed by atoms with Crippen molar-refractivity contribution in [3.8, 4) is 0 Å². The molecule has 6 nitrogen and oxygen atoms in total. The molecule has 0 aliphatic heterocycles. The number of rotatable bonds is 15. The van der Waals surface area contributed by atoms with Gasteiger partial charge in [-0.15, -0.1) is 0 Å². The normalized spacial score (nSPS) is 15.9. The van der Waals surface area contributed by atoms with Crippen molar-refractivity contribution in [2.45, 2.75) is 44.8 Å². The van der Waals surface area contributed by atoms with Gasteiger partial charge in [-0.05, 0) is 13.3 Å². The topological polar surface area (TPSA) is 80.2 Å². The van der Waals surface area contributed by atoms with Crippen molar-refractivity contribution in [1.29, 1.82) is 0 Å². The molecule has 0 rings (SSSR count). The maximum Gasteiger partial charge on any atom is 0.0897 e. The molecule has 0 saturated carbocycles. The zero-order chi connectivity index (χ0) is 16.0. The molecular weight excluding hydrogens is 274 g/mol. The molecule has 0 aromatic carbocycles. The van der Waals surface area contributed by atoms with E-state index < -0.39 is 11.7 Å². The maximum atomic E-state index is 10.0. The van der Waals surface area contributed by atoms with Gasteiger partial charge in [0.2, 0.25) is 0 Å². The molecule has 0 aromatic rings. The molecule has 3 N–H and O–H groups in total. The van der Waals surface area contributed by atoms with Crippen LogP contribution in [-0.2, 0) is 14.2 Å². The predicted molar refractivity (Wildman–Crippen MR) is 82.5 cm³/mol. The average molecular weight is 307 g/mol. The number of aliphatic hydroxyl groups is 2. The SMILES string of the molecule is CCCCOCCOCC(O)CNCC(C)(O)CCOC. The van der Waals surface area contributed by atoms with Crippen molar-refractivity contribution in [2.24, 2.45) is 0 Å². The Morgan fingerprint density at radius 2 is 1.86 bits per heavy atom. The van der Waals surface area contributed by atoms with Gasteiger partial charge in [-0.3, -0.25) is 0 Å². The molecule has 0 bridgehead atoms. The average Bonchev–Trinajstić information content (AvgIpc) is 2.44. The van der Waals surface area contributed by atoms with Crippen LogP contribution in [0.4, 0.5) is 0 Å². The molecule has 0 saturated heterocycles. The molecule has 0 heterocycles. The molecule has 21 heavy (non-hydrogen) atoms. The van der Waals surface area contributed by atoms with Gasteiger partial charge in [0.05, 0.1) is 31.5 Å². The van der Waals surface area contributed by atoms with E-state index in [-0.39, 0.29) is 6.61 Å². The zero-order valence-corrected chi connectivity index (χ0v) is 13.8. The van der Waals surface area contributed by atoms with Crippen LogP contribution >= 0.6 is 0 Å². The van der Waals surface area contributed by atoms with Gasteiger partial charge in [0.1, 0.15) is 0 Å². The highest BCUT2D eigenvalue weighted by atomic mass is 16.5. The van der Waals surface area contributed by atoms with Crippen LogP contribution in [0.25, 0.3) is 0 Å². The van der Waals surface area contributed by atoms with E-state index in [9.17, 15) is 10.2 Å². The van der Waals surface area contributed by atoms with E-state index in [1.165, 1.54) is 0 Å². The van der Waals surface area contributed by atoms with E-state index in [2.05, 4.69) is 12.2 Å². The molecule has 6 heteroatoms. The summed E-state index contributed by atoms with van der Waals surface area (Å²) < 4.78 is 15.6. The summed E-state index contributed by atoms with van der Waals surface area (Å²) in [6.07, 6.45) is 2.16. The smallest absolute Gasteiger partial charge is 0.0897 e. The first-order valence-corrected chi connectivity index (χ1v) is 7.77. The van der Waals surface area contributed by atoms with Gasteiger partial charge in [-0.25, -0.2) is 0 Å². The second kappa shape index (κ2) is 13.4. The van der Waals surface area contributed by atoms with Gasteiger partial charge in [-0.1, -0.05) is 13.3 Å². The van der Waals surface area contributed by atoms with Gasteiger partial charge in [-0.2, -0.15) is 0 Å². The summed E-state index contributed by atoms with van der Waals surface area (Å²) in [5.74, 6) is 0. The summed E-state index contributed by atoms with van der Waals surface area (Å²) in [5, 5.41) is 22.8. The number of methoxy groups -OCH3 is 1. The van der Waals surface area contributed by atoms with Crippen molar-refractivity contribution in [2.75, 3.05) is 53.2 Å². The van der Waals surface area contributed by atoms with Gasteiger partial charge >= 0.3 is 0 Å². The van der Waals surface area contributed by atoms with Crippen LogP contribution in [0, 0.1) is 0 Å². The van der Waals surface area contributed by atoms with Crippen LogP contribution in [0.1, 0.15) is 33.1 Å². The van der Waals surface area contributed by atoms with Gasteiger partial charge in [0, 0.05) is 39.8 Å². The largest absolute Gasteiger partial charge is 0.389 e. The Morgan fingerprint density at radius 3 is 2.52 bits per heavy atom. The summed E-state index contributed by atoms with van der Waals surface area (Å²) >= 11 is 0. The van der Waals surface area contributed by atoms with Crippen LogP contribution in [-0.4, -0.2) is 75.2 Å². The molecule has 0 fully saturated rings. The Kier molecular flexibility index (Phi) is 13.3. The fourth-order valence-corrected chi connectivity index (χ4v) is 1.66. The summed E-state index contributed by atoms with van der Waals surface area (Å²) in [5.41, 5.74) is -0.830. The lowest BCUT2D eigenvalue weighted by Crippen LogP contribution is -2.42. The van der Waals surface area contributed by atoms with E-state index in [1.54, 1.807) is 14.0 Å². The summed E-state index contributed by atoms with van der Waals surface area (Å²) in [6, 6.07) is 0. The van der Waals surface area contributed by atoms with E-state index >= 15 is 0 Å². The van der Waals surface area contributed by atoms with Crippen molar-refractivity contribution in [1.82, 2.24) is 5.32 Å². The number of nitrogens with one attached hydrogen (secondary N) is 1. The third-order valence-electron chi connectivity index (χ3n) is 3.06. The van der Waals surface area contributed by atoms with Crippen molar-refractivity contribution in [3.63, 3.8) is 0 Å². The summed E-state index contributed by atoms with van der Waals surface area (Å²) in [4.78, 5) is 0. The molecule has 0 radical (unpaired) electrons. The second-order valence-corrected chi connectivity index (χ2v) is 5.57. The van der Waals surface area contributed by atoms with Crippen molar-refractivity contribution < 1.29 is 24.4 Å². The lowest BCUT2D eigenvalue weighted by molar-refractivity contribution is -0.00229. The first-order chi connectivity index (χ1) is 10.0. The Labute approximate surface area is 128 Å². The van der Waals surface area contributed by atoms with Crippen LogP contribution in [0.15, 0.2) is 0 Å². The van der Waals surface area contributed by atoms with Crippen molar-refractivity contribution >= 4 is 0 Å². The molecule has 0 amide bonds. The second-order valence-electron chi connectivity index (χ2n) is 5.57. The maximum absolute atomic E-state index is 10.0. The monoisotopic (exact) mass is 307 g/mol. The lowest BCUT2D eigenvalue weighted by atomic mass is 10.0. The lowest BCUT2D eigenvalue weighted by Gasteiger charge is -2.24. The van der Waals surface area contributed by atoms with Gasteiger partial charge < -0.3 is 29.7 Å². The van der Waals surface area contributed by atoms with Crippen LogP contribution in [0.2, 0.25) is 0 Å². The fourth-order valence-electron chi connectivity index (χ4n) is 1.66. The van der Waals surface area contributed by atoms with E-state index in [1.807, 2.05) is 0 Å². The quantitative estimate of drug-likeness (QED) is 0.384. The molecule has 128 valence electrons. The third-order valence-corrected chi connectivity index (χ3v) is 3.06. The fraction of sp³-hybridized carbons (Fsp3) is 1.00. The number of aliphatic hydroxyl groups excluding tert-OH is 1. The highest BCUT2D eigenvalue weighted by Crippen LogP contribution is 2.07. The first kappa shape index (κ1) is 20.8. The number of hydrogen-bond donors (Lipinski definition) is 3. The Balaban J connectivity index is 3.43. The van der Waals surface area contributed by atoms with E-state index in [4.69, 9.17) is 14.2 Å². The highest BCUT2D eigenvalue weighted by molar-refractivity contribution is 4.76. The van der Waals surface area contributed by atoms with E-state index in [0.717, 1.165) is 19.4 Å². The minimum Gasteiger partial charge on any atom is -0.389 e. The predicted octanol–water partition coefficient (Wildman–Crippen LogP) is 0.558. The number of unbranched alkanes of at least 4 members (excludes halogenated alkanes) is 1. The first-order valence-electron chi connectivity index (χ1n) is 7.77. The van der Waals surface area contributed by atoms with Crippen molar-refractivity contribution in [3.05, 3.63) is 0 Å². The Bertz CT molecular complexity index is 226. The van der Waals surface area contributed by atoms with Gasteiger partial charge in [0.25, 0.3) is 0 Å². The molecule has 0 spiro atoms. The summed E-state index contributed by atoms with van der Waals surface area (Å²) in [7, 11) is 1.61.